The minimum Gasteiger partial charge on any atom is -0.322 e. The molecule has 2 nitrogen and oxygen atoms in total. The van der Waals surface area contributed by atoms with Gasteiger partial charge in [0.2, 0.25) is 0 Å². The molecule has 0 heterocycles. The maximum atomic E-state index is 13.1. The second kappa shape index (κ2) is 5.84. The van der Waals surface area contributed by atoms with E-state index in [0.717, 1.165) is 4.47 Å². The number of rotatable bonds is 2. The third-order valence-electron chi connectivity index (χ3n) is 2.59. The van der Waals surface area contributed by atoms with Crippen molar-refractivity contribution in [1.82, 2.24) is 0 Å². The molecular weight excluding hydrogens is 377 g/mol. The number of carbonyl (C=O) groups is 1. The van der Waals surface area contributed by atoms with Crippen LogP contribution in [0.3, 0.4) is 0 Å². The molecule has 2 aromatic rings. The Labute approximate surface area is 127 Å². The molecule has 0 aliphatic carbocycles. The first-order valence-electron chi connectivity index (χ1n) is 5.50. The van der Waals surface area contributed by atoms with E-state index < -0.39 is 0 Å². The maximum absolute atomic E-state index is 13.1. The van der Waals surface area contributed by atoms with Crippen molar-refractivity contribution in [2.45, 2.75) is 6.92 Å². The van der Waals surface area contributed by atoms with Crippen LogP contribution >= 0.6 is 31.9 Å². The summed E-state index contributed by atoms with van der Waals surface area (Å²) in [5.74, 6) is -0.534. The Kier molecular flexibility index (Phi) is 4.37. The SMILES string of the molecule is Cc1cc(NC(=O)c2ccc(Br)cc2Br)ccc1F. The van der Waals surface area contributed by atoms with Gasteiger partial charge >= 0.3 is 0 Å². The van der Waals surface area contributed by atoms with Crippen LogP contribution in [0.1, 0.15) is 15.9 Å². The molecule has 1 amide bonds. The van der Waals surface area contributed by atoms with E-state index in [1.807, 2.05) is 0 Å². The molecule has 2 rings (SSSR count). The molecule has 0 aromatic heterocycles. The zero-order valence-electron chi connectivity index (χ0n) is 10.0. The topological polar surface area (TPSA) is 29.1 Å². The lowest BCUT2D eigenvalue weighted by atomic mass is 10.2. The molecule has 1 N–H and O–H groups in total. The van der Waals surface area contributed by atoms with E-state index in [0.29, 0.717) is 21.3 Å². The molecule has 2 aromatic carbocycles. The van der Waals surface area contributed by atoms with Crippen molar-refractivity contribution >= 4 is 43.5 Å². The van der Waals surface area contributed by atoms with Gasteiger partial charge in [-0.3, -0.25) is 4.79 Å². The Morgan fingerprint density at radius 1 is 1.16 bits per heavy atom. The smallest absolute Gasteiger partial charge is 0.256 e. The van der Waals surface area contributed by atoms with E-state index in [1.54, 1.807) is 31.2 Å². The summed E-state index contributed by atoms with van der Waals surface area (Å²) < 4.78 is 14.7. The summed E-state index contributed by atoms with van der Waals surface area (Å²) in [7, 11) is 0. The zero-order valence-corrected chi connectivity index (χ0v) is 13.2. The fraction of sp³-hybridized carbons (Fsp3) is 0.0714. The molecule has 0 aliphatic heterocycles. The van der Waals surface area contributed by atoms with E-state index in [2.05, 4.69) is 37.2 Å². The summed E-state index contributed by atoms with van der Waals surface area (Å²) in [4.78, 5) is 12.1. The lowest BCUT2D eigenvalue weighted by Crippen LogP contribution is -2.12. The van der Waals surface area contributed by atoms with Gasteiger partial charge in [0, 0.05) is 14.6 Å². The number of hydrogen-bond acceptors (Lipinski definition) is 1. The van der Waals surface area contributed by atoms with Gasteiger partial charge in [-0.05, 0) is 64.8 Å². The minimum absolute atomic E-state index is 0.245. The first kappa shape index (κ1) is 14.2. The first-order chi connectivity index (χ1) is 8.97. The molecule has 0 atom stereocenters. The van der Waals surface area contributed by atoms with Crippen molar-refractivity contribution in [2.75, 3.05) is 5.32 Å². The van der Waals surface area contributed by atoms with Gasteiger partial charge in [0.05, 0.1) is 5.56 Å². The Hall–Kier alpha value is -1.20. The molecule has 0 unspecified atom stereocenters. The Balaban J connectivity index is 2.23. The van der Waals surface area contributed by atoms with Crippen molar-refractivity contribution in [3.63, 3.8) is 0 Å². The van der Waals surface area contributed by atoms with Crippen LogP contribution in [0.15, 0.2) is 45.3 Å². The number of halogens is 3. The molecule has 0 saturated carbocycles. The van der Waals surface area contributed by atoms with Gasteiger partial charge < -0.3 is 5.32 Å². The van der Waals surface area contributed by atoms with Crippen molar-refractivity contribution < 1.29 is 9.18 Å². The average molecular weight is 387 g/mol. The summed E-state index contributed by atoms with van der Waals surface area (Å²) >= 11 is 6.66. The lowest BCUT2D eigenvalue weighted by Gasteiger charge is -2.08. The van der Waals surface area contributed by atoms with Crippen molar-refractivity contribution in [3.8, 4) is 0 Å². The molecule has 19 heavy (non-hydrogen) atoms. The van der Waals surface area contributed by atoms with Crippen LogP contribution in [0, 0.1) is 12.7 Å². The normalized spacial score (nSPS) is 10.3. The van der Waals surface area contributed by atoms with Gasteiger partial charge in [-0.2, -0.15) is 0 Å². The van der Waals surface area contributed by atoms with Gasteiger partial charge in [-0.1, -0.05) is 15.9 Å². The molecule has 0 radical (unpaired) electrons. The van der Waals surface area contributed by atoms with Gasteiger partial charge in [-0.25, -0.2) is 4.39 Å². The first-order valence-corrected chi connectivity index (χ1v) is 7.08. The summed E-state index contributed by atoms with van der Waals surface area (Å²) in [6.45, 7) is 1.65. The number of benzene rings is 2. The standard InChI is InChI=1S/C14H10Br2FNO/c1-8-6-10(3-5-13(8)17)18-14(19)11-4-2-9(15)7-12(11)16/h2-7H,1H3,(H,18,19). The molecule has 0 fully saturated rings. The summed E-state index contributed by atoms with van der Waals surface area (Å²) in [5.41, 5.74) is 1.58. The molecule has 0 spiro atoms. The van der Waals surface area contributed by atoms with E-state index in [-0.39, 0.29) is 11.7 Å². The van der Waals surface area contributed by atoms with Crippen molar-refractivity contribution in [1.29, 1.82) is 0 Å². The second-order valence-electron chi connectivity index (χ2n) is 4.04. The number of nitrogens with one attached hydrogen (secondary N) is 1. The van der Waals surface area contributed by atoms with Crippen LogP contribution in [0.25, 0.3) is 0 Å². The van der Waals surface area contributed by atoms with Crippen molar-refractivity contribution in [3.05, 3.63) is 62.3 Å². The number of hydrogen-bond donors (Lipinski definition) is 1. The Morgan fingerprint density at radius 3 is 2.53 bits per heavy atom. The van der Waals surface area contributed by atoms with Crippen LogP contribution in [0.2, 0.25) is 0 Å². The maximum Gasteiger partial charge on any atom is 0.256 e. The predicted molar refractivity (Wildman–Crippen MR) is 80.9 cm³/mol. The van der Waals surface area contributed by atoms with E-state index >= 15 is 0 Å². The number of aryl methyl sites for hydroxylation is 1. The largest absolute Gasteiger partial charge is 0.322 e. The highest BCUT2D eigenvalue weighted by Crippen LogP contribution is 2.23. The van der Waals surface area contributed by atoms with E-state index in [1.165, 1.54) is 12.1 Å². The predicted octanol–water partition coefficient (Wildman–Crippen LogP) is 4.91. The monoisotopic (exact) mass is 385 g/mol. The third kappa shape index (κ3) is 3.42. The minimum atomic E-state index is -0.289. The Morgan fingerprint density at radius 2 is 1.89 bits per heavy atom. The molecule has 0 aliphatic rings. The van der Waals surface area contributed by atoms with Crippen LogP contribution < -0.4 is 5.32 Å². The summed E-state index contributed by atoms with van der Waals surface area (Å²) in [6.07, 6.45) is 0. The molecule has 0 saturated heterocycles. The van der Waals surface area contributed by atoms with Gasteiger partial charge in [0.15, 0.2) is 0 Å². The average Bonchev–Trinajstić information content (AvgIpc) is 2.33. The van der Waals surface area contributed by atoms with Crippen molar-refractivity contribution in [2.24, 2.45) is 0 Å². The quantitative estimate of drug-likeness (QED) is 0.780. The third-order valence-corrected chi connectivity index (χ3v) is 3.74. The Bertz CT molecular complexity index is 643. The summed E-state index contributed by atoms with van der Waals surface area (Å²) in [6, 6.07) is 9.76. The van der Waals surface area contributed by atoms with E-state index in [4.69, 9.17) is 0 Å². The summed E-state index contributed by atoms with van der Waals surface area (Å²) in [5, 5.41) is 2.74. The van der Waals surface area contributed by atoms with Gasteiger partial charge in [-0.15, -0.1) is 0 Å². The van der Waals surface area contributed by atoms with Gasteiger partial charge in [0.25, 0.3) is 5.91 Å². The highest BCUT2D eigenvalue weighted by atomic mass is 79.9. The number of anilines is 1. The highest BCUT2D eigenvalue weighted by Gasteiger charge is 2.11. The van der Waals surface area contributed by atoms with Crippen LogP contribution in [0.5, 0.6) is 0 Å². The van der Waals surface area contributed by atoms with E-state index in [9.17, 15) is 9.18 Å². The fourth-order valence-electron chi connectivity index (χ4n) is 1.59. The fourth-order valence-corrected chi connectivity index (χ4v) is 2.82. The molecule has 0 bridgehead atoms. The highest BCUT2D eigenvalue weighted by molar-refractivity contribution is 9.11. The van der Waals surface area contributed by atoms with Crippen LogP contribution in [0.4, 0.5) is 10.1 Å². The molecule has 5 heteroatoms. The number of amides is 1. The van der Waals surface area contributed by atoms with Crippen LogP contribution in [-0.2, 0) is 0 Å². The molecule has 98 valence electrons. The molecular formula is C14H10Br2FNO. The second-order valence-corrected chi connectivity index (χ2v) is 5.81. The number of carbonyl (C=O) groups excluding carboxylic acids is 1. The van der Waals surface area contributed by atoms with Gasteiger partial charge in [0.1, 0.15) is 5.82 Å². The zero-order chi connectivity index (χ0) is 14.0. The van der Waals surface area contributed by atoms with Crippen LogP contribution in [-0.4, -0.2) is 5.91 Å². The lowest BCUT2D eigenvalue weighted by molar-refractivity contribution is 0.102.